The molecule has 1 atom stereocenters. The van der Waals surface area contributed by atoms with E-state index in [0.717, 1.165) is 0 Å². The van der Waals surface area contributed by atoms with Gasteiger partial charge in [-0.15, -0.1) is 0 Å². The van der Waals surface area contributed by atoms with E-state index in [2.05, 4.69) is 20.8 Å². The number of hydrogen-bond acceptors (Lipinski definition) is 4. The summed E-state index contributed by atoms with van der Waals surface area (Å²) < 4.78 is 9.96. The van der Waals surface area contributed by atoms with E-state index >= 15 is 0 Å². The van der Waals surface area contributed by atoms with E-state index in [1.165, 1.54) is 6.92 Å². The molecule has 0 saturated heterocycles. The van der Waals surface area contributed by atoms with Crippen molar-refractivity contribution in [3.8, 4) is 0 Å². The molecule has 0 aliphatic rings. The summed E-state index contributed by atoms with van der Waals surface area (Å²) >= 11 is 0. The molecule has 0 N–H and O–H groups in total. The summed E-state index contributed by atoms with van der Waals surface area (Å²) in [6.07, 6.45) is -0.161. The Balaban J connectivity index is 4.52. The highest BCUT2D eigenvalue weighted by molar-refractivity contribution is 5.81. The highest BCUT2D eigenvalue weighted by Gasteiger charge is 2.35. The van der Waals surface area contributed by atoms with E-state index in [-0.39, 0.29) is 18.0 Å². The molecule has 0 rings (SSSR count). The molecule has 0 radical (unpaired) electrons. The molecule has 0 aromatic rings. The maximum atomic E-state index is 12.0. The largest absolute Gasteiger partial charge is 0.463 e. The van der Waals surface area contributed by atoms with Crippen LogP contribution in [0.5, 0.6) is 0 Å². The van der Waals surface area contributed by atoms with Gasteiger partial charge in [0, 0.05) is 0 Å². The summed E-state index contributed by atoms with van der Waals surface area (Å²) in [5.74, 6) is -0.865. The quantitative estimate of drug-likeness (QED) is 0.711. The first-order chi connectivity index (χ1) is 7.99. The molecule has 0 aromatic heterocycles. The van der Waals surface area contributed by atoms with Crippen LogP contribution in [0, 0.1) is 10.8 Å². The van der Waals surface area contributed by atoms with Crippen molar-refractivity contribution >= 4 is 11.9 Å². The van der Waals surface area contributed by atoms with Crippen molar-refractivity contribution in [2.24, 2.45) is 10.8 Å². The van der Waals surface area contributed by atoms with Gasteiger partial charge >= 0.3 is 11.9 Å². The van der Waals surface area contributed by atoms with E-state index in [9.17, 15) is 9.59 Å². The predicted octanol–water partition coefficient (Wildman–Crippen LogP) is 2.94. The summed E-state index contributed by atoms with van der Waals surface area (Å²) in [5.41, 5.74) is -0.589. The molecule has 0 aromatic carbocycles. The average Bonchev–Trinajstić information content (AvgIpc) is 2.13. The van der Waals surface area contributed by atoms with Crippen LogP contribution >= 0.6 is 0 Å². The van der Waals surface area contributed by atoms with E-state index in [1.807, 2.05) is 13.8 Å². The van der Waals surface area contributed by atoms with Crippen molar-refractivity contribution in [2.45, 2.75) is 61.0 Å². The highest BCUT2D eigenvalue weighted by atomic mass is 16.6. The van der Waals surface area contributed by atoms with Crippen molar-refractivity contribution in [2.75, 3.05) is 6.61 Å². The number of carbonyl (C=O) groups is 2. The van der Waals surface area contributed by atoms with E-state index in [4.69, 9.17) is 9.47 Å². The first-order valence-corrected chi connectivity index (χ1v) is 6.37. The molecule has 1 unspecified atom stereocenters. The van der Waals surface area contributed by atoms with Crippen LogP contribution < -0.4 is 0 Å². The number of rotatable bonds is 5. The fourth-order valence-electron chi connectivity index (χ4n) is 2.03. The topological polar surface area (TPSA) is 52.6 Å². The Morgan fingerprint density at radius 3 is 2.00 bits per heavy atom. The minimum absolute atomic E-state index is 0.0235. The number of carbonyl (C=O) groups excluding carboxylic acids is 2. The lowest BCUT2D eigenvalue weighted by atomic mass is 9.76. The van der Waals surface area contributed by atoms with Gasteiger partial charge in [0.25, 0.3) is 0 Å². The third-order valence-electron chi connectivity index (χ3n) is 2.43. The second-order valence-corrected chi connectivity index (χ2v) is 6.42. The Morgan fingerprint density at radius 1 is 1.11 bits per heavy atom. The SMILES string of the molecule is CCOC(=O)C(C)OC(=O)C(C)(C)CC(C)(C)C. The molecule has 0 amide bonds. The standard InChI is InChI=1S/C14H26O4/c1-8-17-11(15)10(2)18-12(16)14(6,7)9-13(3,4)5/h10H,8-9H2,1-7H3. The van der Waals surface area contributed by atoms with Gasteiger partial charge in [-0.3, -0.25) is 4.79 Å². The Morgan fingerprint density at radius 2 is 1.61 bits per heavy atom. The van der Waals surface area contributed by atoms with Crippen molar-refractivity contribution in [3.63, 3.8) is 0 Å². The maximum absolute atomic E-state index is 12.0. The first-order valence-electron chi connectivity index (χ1n) is 6.37. The van der Waals surface area contributed by atoms with Crippen LogP contribution in [0.3, 0.4) is 0 Å². The molecule has 4 nitrogen and oxygen atoms in total. The van der Waals surface area contributed by atoms with Crippen LogP contribution in [0.1, 0.15) is 54.9 Å². The number of esters is 2. The van der Waals surface area contributed by atoms with Crippen LogP contribution in [0.25, 0.3) is 0 Å². The molecule has 0 fully saturated rings. The van der Waals surface area contributed by atoms with Crippen LogP contribution in [0.2, 0.25) is 0 Å². The van der Waals surface area contributed by atoms with E-state index in [0.29, 0.717) is 6.42 Å². The van der Waals surface area contributed by atoms with Crippen LogP contribution in [0.4, 0.5) is 0 Å². The molecule has 0 aliphatic carbocycles. The smallest absolute Gasteiger partial charge is 0.347 e. The second kappa shape index (κ2) is 6.21. The van der Waals surface area contributed by atoms with E-state index < -0.39 is 17.5 Å². The van der Waals surface area contributed by atoms with Crippen molar-refractivity contribution < 1.29 is 19.1 Å². The first kappa shape index (κ1) is 16.9. The summed E-state index contributed by atoms with van der Waals surface area (Å²) in [6.45, 7) is 13.4. The number of ether oxygens (including phenoxy) is 2. The van der Waals surface area contributed by atoms with Crippen LogP contribution in [-0.4, -0.2) is 24.6 Å². The minimum atomic E-state index is -0.850. The monoisotopic (exact) mass is 258 g/mol. The van der Waals surface area contributed by atoms with E-state index in [1.54, 1.807) is 6.92 Å². The van der Waals surface area contributed by atoms with Gasteiger partial charge in [0.15, 0.2) is 6.10 Å². The van der Waals surface area contributed by atoms with Gasteiger partial charge in [-0.25, -0.2) is 4.79 Å². The molecular formula is C14H26O4. The predicted molar refractivity (Wildman–Crippen MR) is 70.0 cm³/mol. The molecule has 0 bridgehead atoms. The third-order valence-corrected chi connectivity index (χ3v) is 2.43. The van der Waals surface area contributed by atoms with Gasteiger partial charge in [0.2, 0.25) is 0 Å². The van der Waals surface area contributed by atoms with Crippen molar-refractivity contribution in [1.82, 2.24) is 0 Å². The third kappa shape index (κ3) is 6.03. The molecule has 0 aliphatic heterocycles. The Kier molecular flexibility index (Phi) is 5.84. The Hall–Kier alpha value is -1.06. The molecule has 4 heteroatoms. The zero-order valence-electron chi connectivity index (χ0n) is 12.6. The lowest BCUT2D eigenvalue weighted by Crippen LogP contribution is -2.36. The molecular weight excluding hydrogens is 232 g/mol. The maximum Gasteiger partial charge on any atom is 0.347 e. The second-order valence-electron chi connectivity index (χ2n) is 6.42. The lowest BCUT2D eigenvalue weighted by molar-refractivity contribution is -0.173. The highest BCUT2D eigenvalue weighted by Crippen LogP contribution is 2.34. The molecule has 0 saturated carbocycles. The molecule has 18 heavy (non-hydrogen) atoms. The summed E-state index contributed by atoms with van der Waals surface area (Å²) in [4.78, 5) is 23.4. The van der Waals surface area contributed by atoms with Gasteiger partial charge in [-0.05, 0) is 39.5 Å². The van der Waals surface area contributed by atoms with Gasteiger partial charge < -0.3 is 9.47 Å². The van der Waals surface area contributed by atoms with Gasteiger partial charge in [-0.2, -0.15) is 0 Å². The minimum Gasteiger partial charge on any atom is -0.463 e. The normalized spacial score (nSPS) is 13.9. The van der Waals surface area contributed by atoms with Gasteiger partial charge in [-0.1, -0.05) is 20.8 Å². The zero-order valence-corrected chi connectivity index (χ0v) is 12.6. The zero-order chi connectivity index (χ0) is 14.6. The summed E-state index contributed by atoms with van der Waals surface area (Å²) in [5, 5.41) is 0. The van der Waals surface area contributed by atoms with Crippen LogP contribution in [-0.2, 0) is 19.1 Å². The van der Waals surface area contributed by atoms with Crippen LogP contribution in [0.15, 0.2) is 0 Å². The van der Waals surface area contributed by atoms with Gasteiger partial charge in [0.05, 0.1) is 12.0 Å². The molecule has 0 heterocycles. The average molecular weight is 258 g/mol. The fraction of sp³-hybridized carbons (Fsp3) is 0.857. The molecule has 106 valence electrons. The molecule has 0 spiro atoms. The van der Waals surface area contributed by atoms with Gasteiger partial charge in [0.1, 0.15) is 0 Å². The Bertz CT molecular complexity index is 299. The van der Waals surface area contributed by atoms with Crippen molar-refractivity contribution in [1.29, 1.82) is 0 Å². The summed E-state index contributed by atoms with van der Waals surface area (Å²) in [6, 6.07) is 0. The summed E-state index contributed by atoms with van der Waals surface area (Å²) in [7, 11) is 0. The lowest BCUT2D eigenvalue weighted by Gasteiger charge is -2.31. The van der Waals surface area contributed by atoms with Crippen molar-refractivity contribution in [3.05, 3.63) is 0 Å². The number of hydrogen-bond donors (Lipinski definition) is 0. The fourth-order valence-corrected chi connectivity index (χ4v) is 2.03. The Labute approximate surface area is 110 Å².